The Hall–Kier alpha value is -0.343. The Bertz CT molecular complexity index is 192. The van der Waals surface area contributed by atoms with Crippen molar-refractivity contribution in [1.29, 1.82) is 0 Å². The molecule has 0 saturated heterocycles. The van der Waals surface area contributed by atoms with Gasteiger partial charge in [0.15, 0.2) is 0 Å². The molecule has 11 heavy (non-hydrogen) atoms. The minimum atomic E-state index is -1.10. The van der Waals surface area contributed by atoms with Crippen LogP contribution in [0.1, 0.15) is 6.42 Å². The van der Waals surface area contributed by atoms with Gasteiger partial charge in [-0.3, -0.25) is 0 Å². The van der Waals surface area contributed by atoms with Crippen molar-refractivity contribution in [3.63, 3.8) is 0 Å². The monoisotopic (exact) mass is 167 g/mol. The Labute approximate surface area is 70.3 Å². The molecule has 0 atom stereocenters. The van der Waals surface area contributed by atoms with E-state index < -0.39 is 8.24 Å². The molecular formula is C9H17NSi. The highest BCUT2D eigenvalue weighted by atomic mass is 28.3. The molecule has 1 nitrogen and oxygen atoms in total. The Morgan fingerprint density at radius 1 is 1.55 bits per heavy atom. The van der Waals surface area contributed by atoms with Crippen molar-refractivity contribution in [1.82, 2.24) is 4.98 Å². The van der Waals surface area contributed by atoms with Crippen LogP contribution >= 0.6 is 0 Å². The van der Waals surface area contributed by atoms with Gasteiger partial charge < -0.3 is 4.98 Å². The Morgan fingerprint density at radius 2 is 2.27 bits per heavy atom. The fourth-order valence-electron chi connectivity index (χ4n) is 1.28. The highest BCUT2D eigenvalue weighted by Gasteiger charge is 2.19. The topological polar surface area (TPSA) is 12.0 Å². The third-order valence-corrected chi connectivity index (χ3v) is 4.89. The van der Waals surface area contributed by atoms with Gasteiger partial charge in [-0.1, -0.05) is 36.9 Å². The zero-order valence-electron chi connectivity index (χ0n) is 7.65. The molecule has 1 N–H and O–H groups in total. The van der Waals surface area contributed by atoms with Crippen molar-refractivity contribution in [2.24, 2.45) is 0 Å². The molecule has 0 amide bonds. The van der Waals surface area contributed by atoms with Crippen LogP contribution in [0.15, 0.2) is 23.8 Å². The van der Waals surface area contributed by atoms with Crippen molar-refractivity contribution in [2.45, 2.75) is 25.6 Å². The van der Waals surface area contributed by atoms with E-state index in [1.54, 1.807) is 5.57 Å². The molecule has 0 aliphatic heterocycles. The first-order valence-electron chi connectivity index (χ1n) is 4.17. The average molecular weight is 167 g/mol. The molecule has 0 aromatic rings. The van der Waals surface area contributed by atoms with Crippen LogP contribution in [0.4, 0.5) is 0 Å². The zero-order chi connectivity index (χ0) is 8.32. The van der Waals surface area contributed by atoms with E-state index >= 15 is 0 Å². The van der Waals surface area contributed by atoms with Gasteiger partial charge in [-0.25, -0.2) is 0 Å². The normalized spacial score (nSPS) is 17.2. The standard InChI is InChI=1S/C9H17NSi/c1-10-11(2,3)8-9-6-4-5-7-9/h4-6,10H,7-8H2,1-3H3. The highest BCUT2D eigenvalue weighted by molar-refractivity contribution is 6.75. The number of hydrogen-bond donors (Lipinski definition) is 1. The van der Waals surface area contributed by atoms with E-state index in [0.717, 1.165) is 0 Å². The molecule has 0 radical (unpaired) electrons. The Morgan fingerprint density at radius 3 is 2.73 bits per heavy atom. The molecule has 0 saturated carbocycles. The van der Waals surface area contributed by atoms with Crippen LogP contribution in [0.25, 0.3) is 0 Å². The van der Waals surface area contributed by atoms with E-state index in [4.69, 9.17) is 0 Å². The van der Waals surface area contributed by atoms with Gasteiger partial charge in [-0.15, -0.1) is 0 Å². The van der Waals surface area contributed by atoms with Gasteiger partial charge in [0.2, 0.25) is 0 Å². The zero-order valence-corrected chi connectivity index (χ0v) is 8.65. The summed E-state index contributed by atoms with van der Waals surface area (Å²) in [6.07, 6.45) is 7.83. The number of allylic oxidation sites excluding steroid dienone is 4. The maximum Gasteiger partial charge on any atom is 0.123 e. The minimum Gasteiger partial charge on any atom is -0.340 e. The van der Waals surface area contributed by atoms with Crippen molar-refractivity contribution in [2.75, 3.05) is 7.05 Å². The van der Waals surface area contributed by atoms with E-state index in [0.29, 0.717) is 0 Å². The summed E-state index contributed by atoms with van der Waals surface area (Å²) in [6, 6.07) is 1.29. The summed E-state index contributed by atoms with van der Waals surface area (Å²) in [4.78, 5) is 3.44. The molecule has 0 bridgehead atoms. The van der Waals surface area contributed by atoms with E-state index in [1.807, 2.05) is 0 Å². The molecule has 62 valence electrons. The first kappa shape index (κ1) is 8.75. The van der Waals surface area contributed by atoms with E-state index in [9.17, 15) is 0 Å². The summed E-state index contributed by atoms with van der Waals surface area (Å²) in [5, 5.41) is 0. The van der Waals surface area contributed by atoms with Gasteiger partial charge in [-0.2, -0.15) is 0 Å². The largest absolute Gasteiger partial charge is 0.340 e. The highest BCUT2D eigenvalue weighted by Crippen LogP contribution is 2.20. The van der Waals surface area contributed by atoms with Gasteiger partial charge in [0.1, 0.15) is 8.24 Å². The van der Waals surface area contributed by atoms with Crippen LogP contribution in [0, 0.1) is 0 Å². The maximum atomic E-state index is 3.44. The van der Waals surface area contributed by atoms with Gasteiger partial charge in [0.05, 0.1) is 0 Å². The minimum absolute atomic E-state index is 1.10. The van der Waals surface area contributed by atoms with Crippen LogP contribution in [0.2, 0.25) is 19.1 Å². The number of hydrogen-bond acceptors (Lipinski definition) is 1. The van der Waals surface area contributed by atoms with Crippen molar-refractivity contribution in [3.05, 3.63) is 23.8 Å². The lowest BCUT2D eigenvalue weighted by Gasteiger charge is -2.21. The molecule has 1 aliphatic rings. The molecule has 0 aromatic heterocycles. The second kappa shape index (κ2) is 3.37. The average Bonchev–Trinajstić information content (AvgIpc) is 2.39. The number of rotatable bonds is 3. The first-order chi connectivity index (χ1) is 5.14. The summed E-state index contributed by atoms with van der Waals surface area (Å²) in [6.45, 7) is 4.73. The molecule has 0 unspecified atom stereocenters. The van der Waals surface area contributed by atoms with Gasteiger partial charge in [0.25, 0.3) is 0 Å². The molecule has 2 heteroatoms. The lowest BCUT2D eigenvalue weighted by Crippen LogP contribution is -2.41. The molecular weight excluding hydrogens is 150 g/mol. The molecule has 1 rings (SSSR count). The van der Waals surface area contributed by atoms with Gasteiger partial charge in [-0.05, 0) is 19.5 Å². The lowest BCUT2D eigenvalue weighted by atomic mass is 10.3. The second-order valence-electron chi connectivity index (χ2n) is 3.77. The fourth-order valence-corrected chi connectivity index (χ4v) is 2.85. The van der Waals surface area contributed by atoms with Gasteiger partial charge >= 0.3 is 0 Å². The summed E-state index contributed by atoms with van der Waals surface area (Å²) < 4.78 is 0. The van der Waals surface area contributed by atoms with Crippen molar-refractivity contribution < 1.29 is 0 Å². The van der Waals surface area contributed by atoms with E-state index in [2.05, 4.69) is 43.4 Å². The van der Waals surface area contributed by atoms with Crippen LogP contribution < -0.4 is 4.98 Å². The van der Waals surface area contributed by atoms with Gasteiger partial charge in [0, 0.05) is 0 Å². The van der Waals surface area contributed by atoms with E-state index in [-0.39, 0.29) is 0 Å². The smallest absolute Gasteiger partial charge is 0.123 e. The molecule has 0 fully saturated rings. The third-order valence-electron chi connectivity index (χ3n) is 2.19. The van der Waals surface area contributed by atoms with E-state index in [1.165, 1.54) is 12.5 Å². The molecule has 0 spiro atoms. The second-order valence-corrected chi connectivity index (χ2v) is 8.39. The van der Waals surface area contributed by atoms with Crippen molar-refractivity contribution >= 4 is 8.24 Å². The third kappa shape index (κ3) is 2.64. The quantitative estimate of drug-likeness (QED) is 0.636. The molecule has 0 heterocycles. The summed E-state index contributed by atoms with van der Waals surface area (Å²) in [5.74, 6) is 0. The van der Waals surface area contributed by atoms with Crippen LogP contribution in [-0.4, -0.2) is 15.3 Å². The predicted octanol–water partition coefficient (Wildman–Crippen LogP) is 2.30. The SMILES string of the molecule is CN[Si](C)(C)CC1=CC=CC1. The maximum absolute atomic E-state index is 3.44. The first-order valence-corrected chi connectivity index (χ1v) is 7.38. The van der Waals surface area contributed by atoms with Crippen molar-refractivity contribution in [3.8, 4) is 0 Å². The predicted molar refractivity (Wildman–Crippen MR) is 53.2 cm³/mol. The summed E-state index contributed by atoms with van der Waals surface area (Å²) in [5.41, 5.74) is 1.59. The molecule has 0 aromatic carbocycles. The van der Waals surface area contributed by atoms with Crippen LogP contribution in [-0.2, 0) is 0 Å². The molecule has 1 aliphatic carbocycles. The number of nitrogens with one attached hydrogen (secondary N) is 1. The Balaban J connectivity index is 2.42. The summed E-state index contributed by atoms with van der Waals surface area (Å²) in [7, 11) is 0.978. The van der Waals surface area contributed by atoms with Crippen LogP contribution in [0.5, 0.6) is 0 Å². The lowest BCUT2D eigenvalue weighted by molar-refractivity contribution is 1.10. The van der Waals surface area contributed by atoms with Crippen LogP contribution in [0.3, 0.4) is 0 Å². The Kier molecular flexibility index (Phi) is 2.68. The summed E-state index contributed by atoms with van der Waals surface area (Å²) >= 11 is 0. The fraction of sp³-hybridized carbons (Fsp3) is 0.556.